The van der Waals surface area contributed by atoms with E-state index >= 15 is 0 Å². The zero-order valence-corrected chi connectivity index (χ0v) is 14.4. The van der Waals surface area contributed by atoms with E-state index in [1.54, 1.807) is 7.11 Å². The van der Waals surface area contributed by atoms with Crippen LogP contribution >= 0.6 is 11.3 Å². The van der Waals surface area contributed by atoms with Gasteiger partial charge in [-0.2, -0.15) is 0 Å². The fourth-order valence-corrected chi connectivity index (χ4v) is 3.36. The molecule has 1 aliphatic rings. The quantitative estimate of drug-likeness (QED) is 0.820. The van der Waals surface area contributed by atoms with E-state index < -0.39 is 0 Å². The van der Waals surface area contributed by atoms with E-state index in [-0.39, 0.29) is 18.4 Å². The second kappa shape index (κ2) is 6.98. The van der Waals surface area contributed by atoms with Gasteiger partial charge in [0.1, 0.15) is 5.70 Å². The number of thiophene rings is 1. The molecule has 0 bridgehead atoms. The van der Waals surface area contributed by atoms with Crippen molar-refractivity contribution in [3.8, 4) is 0 Å². The van der Waals surface area contributed by atoms with Gasteiger partial charge in [0, 0.05) is 17.7 Å². The molecule has 1 aromatic heterocycles. The molecule has 1 N–H and O–H groups in total. The van der Waals surface area contributed by atoms with Crippen molar-refractivity contribution < 1.29 is 14.3 Å². The highest BCUT2D eigenvalue weighted by molar-refractivity contribution is 7.11. The van der Waals surface area contributed by atoms with E-state index in [1.165, 1.54) is 16.2 Å². The standard InChI is InChI=1S/C18H18N2O3S/c1-12-5-3-6-13(11-12)19-16-15(14-7-4-10-24-14)17(21)20(18(16)22)8-9-23-2/h3-7,10-11,19H,8-9H2,1-2H3. The molecule has 3 rings (SSSR count). The second-order valence-electron chi connectivity index (χ2n) is 5.48. The van der Waals surface area contributed by atoms with Gasteiger partial charge in [-0.05, 0) is 36.1 Å². The van der Waals surface area contributed by atoms with Gasteiger partial charge in [-0.15, -0.1) is 11.3 Å². The fraction of sp³-hybridized carbons (Fsp3) is 0.222. The van der Waals surface area contributed by atoms with E-state index in [1.807, 2.05) is 48.7 Å². The van der Waals surface area contributed by atoms with Crippen molar-refractivity contribution in [2.75, 3.05) is 25.6 Å². The number of benzene rings is 1. The van der Waals surface area contributed by atoms with Gasteiger partial charge in [0.05, 0.1) is 18.7 Å². The minimum absolute atomic E-state index is 0.238. The largest absolute Gasteiger partial charge is 0.383 e. The maximum atomic E-state index is 12.8. The molecule has 0 atom stereocenters. The fourth-order valence-electron chi connectivity index (χ4n) is 2.59. The number of amides is 2. The highest BCUT2D eigenvalue weighted by atomic mass is 32.1. The van der Waals surface area contributed by atoms with Gasteiger partial charge in [0.2, 0.25) is 0 Å². The third kappa shape index (κ3) is 3.11. The molecule has 1 aliphatic heterocycles. The number of aryl methyl sites for hydroxylation is 1. The topological polar surface area (TPSA) is 58.6 Å². The van der Waals surface area contributed by atoms with Crippen LogP contribution in [0.1, 0.15) is 10.4 Å². The second-order valence-corrected chi connectivity index (χ2v) is 6.42. The maximum Gasteiger partial charge on any atom is 0.278 e. The molecule has 0 saturated carbocycles. The van der Waals surface area contributed by atoms with Gasteiger partial charge in [0.15, 0.2) is 0 Å². The molecule has 2 aromatic rings. The van der Waals surface area contributed by atoms with Crippen LogP contribution in [0, 0.1) is 6.92 Å². The summed E-state index contributed by atoms with van der Waals surface area (Å²) in [6.07, 6.45) is 0. The number of anilines is 1. The van der Waals surface area contributed by atoms with Crippen LogP contribution in [0.5, 0.6) is 0 Å². The van der Waals surface area contributed by atoms with Crippen LogP contribution in [-0.2, 0) is 14.3 Å². The van der Waals surface area contributed by atoms with Gasteiger partial charge < -0.3 is 10.1 Å². The Kier molecular flexibility index (Phi) is 4.78. The molecule has 0 aliphatic carbocycles. The third-order valence-corrected chi connectivity index (χ3v) is 4.63. The smallest absolute Gasteiger partial charge is 0.278 e. The number of methoxy groups -OCH3 is 1. The number of carbonyl (C=O) groups is 2. The van der Waals surface area contributed by atoms with E-state index in [4.69, 9.17) is 4.74 Å². The average molecular weight is 342 g/mol. The monoisotopic (exact) mass is 342 g/mol. The number of hydrogen-bond donors (Lipinski definition) is 1. The van der Waals surface area contributed by atoms with Crippen LogP contribution in [-0.4, -0.2) is 37.0 Å². The van der Waals surface area contributed by atoms with Crippen LogP contribution in [0.4, 0.5) is 5.69 Å². The van der Waals surface area contributed by atoms with Crippen LogP contribution in [0.2, 0.25) is 0 Å². The van der Waals surface area contributed by atoms with Crippen LogP contribution in [0.15, 0.2) is 47.5 Å². The first-order chi connectivity index (χ1) is 11.6. The van der Waals surface area contributed by atoms with Gasteiger partial charge in [0.25, 0.3) is 11.8 Å². The molecule has 1 aromatic carbocycles. The van der Waals surface area contributed by atoms with Gasteiger partial charge in [-0.1, -0.05) is 18.2 Å². The van der Waals surface area contributed by atoms with E-state index in [0.717, 1.165) is 16.1 Å². The van der Waals surface area contributed by atoms with Crippen molar-refractivity contribution in [3.05, 3.63) is 57.9 Å². The molecule has 2 amide bonds. The van der Waals surface area contributed by atoms with E-state index in [9.17, 15) is 9.59 Å². The number of carbonyl (C=O) groups excluding carboxylic acids is 2. The Bertz CT molecular complexity index is 796. The molecule has 124 valence electrons. The number of nitrogens with one attached hydrogen (secondary N) is 1. The lowest BCUT2D eigenvalue weighted by Crippen LogP contribution is -2.35. The normalized spacial score (nSPS) is 14.7. The van der Waals surface area contributed by atoms with Crippen molar-refractivity contribution in [2.45, 2.75) is 6.92 Å². The summed E-state index contributed by atoms with van der Waals surface area (Å²) < 4.78 is 5.01. The minimum atomic E-state index is -0.318. The summed E-state index contributed by atoms with van der Waals surface area (Å²) in [6, 6.07) is 11.4. The summed E-state index contributed by atoms with van der Waals surface area (Å²) in [5.74, 6) is -0.600. The zero-order valence-electron chi connectivity index (χ0n) is 13.5. The van der Waals surface area contributed by atoms with Crippen LogP contribution < -0.4 is 5.32 Å². The summed E-state index contributed by atoms with van der Waals surface area (Å²) in [5, 5.41) is 5.03. The molecular formula is C18H18N2O3S. The molecule has 0 spiro atoms. The van der Waals surface area contributed by atoms with Gasteiger partial charge in [-0.3, -0.25) is 14.5 Å². The first-order valence-corrected chi connectivity index (χ1v) is 8.46. The van der Waals surface area contributed by atoms with Crippen LogP contribution in [0.25, 0.3) is 5.57 Å². The summed E-state index contributed by atoms with van der Waals surface area (Å²) in [6.45, 7) is 2.53. The summed E-state index contributed by atoms with van der Waals surface area (Å²) in [5.41, 5.74) is 2.61. The molecular weight excluding hydrogens is 324 g/mol. The lowest BCUT2D eigenvalue weighted by Gasteiger charge is -2.14. The first kappa shape index (κ1) is 16.4. The molecule has 0 unspecified atom stereocenters. The van der Waals surface area contributed by atoms with Crippen molar-refractivity contribution in [1.29, 1.82) is 0 Å². The highest BCUT2D eigenvalue weighted by Crippen LogP contribution is 2.32. The molecule has 0 saturated heterocycles. The Morgan fingerprint density at radius 2 is 2.00 bits per heavy atom. The Morgan fingerprint density at radius 1 is 1.17 bits per heavy atom. The Labute approximate surface area is 144 Å². The number of imide groups is 1. The number of hydrogen-bond acceptors (Lipinski definition) is 5. The SMILES string of the molecule is COCCN1C(=O)C(Nc2cccc(C)c2)=C(c2cccs2)C1=O. The van der Waals surface area contributed by atoms with E-state index in [0.29, 0.717) is 17.9 Å². The third-order valence-electron chi connectivity index (χ3n) is 3.74. The Hall–Kier alpha value is -2.44. The highest BCUT2D eigenvalue weighted by Gasteiger charge is 2.39. The minimum Gasteiger partial charge on any atom is -0.383 e. The molecule has 24 heavy (non-hydrogen) atoms. The molecule has 6 heteroatoms. The molecule has 0 radical (unpaired) electrons. The summed E-state index contributed by atoms with van der Waals surface area (Å²) in [4.78, 5) is 27.5. The first-order valence-electron chi connectivity index (χ1n) is 7.59. The Balaban J connectivity index is 1.99. The van der Waals surface area contributed by atoms with Crippen molar-refractivity contribution in [2.24, 2.45) is 0 Å². The average Bonchev–Trinajstić information content (AvgIpc) is 3.15. The zero-order chi connectivity index (χ0) is 17.1. The number of rotatable bonds is 6. The lowest BCUT2D eigenvalue weighted by molar-refractivity contribution is -0.137. The number of nitrogens with zero attached hydrogens (tertiary/aromatic N) is 1. The maximum absolute atomic E-state index is 12.8. The predicted octanol–water partition coefficient (Wildman–Crippen LogP) is 2.89. The molecule has 5 nitrogen and oxygen atoms in total. The Morgan fingerprint density at radius 3 is 2.67 bits per heavy atom. The van der Waals surface area contributed by atoms with Crippen LogP contribution in [0.3, 0.4) is 0 Å². The lowest BCUT2D eigenvalue weighted by atomic mass is 10.1. The number of ether oxygens (including phenoxy) is 1. The van der Waals surface area contributed by atoms with Crippen molar-refractivity contribution >= 4 is 34.4 Å². The predicted molar refractivity (Wildman–Crippen MR) is 94.6 cm³/mol. The van der Waals surface area contributed by atoms with Crippen molar-refractivity contribution in [3.63, 3.8) is 0 Å². The van der Waals surface area contributed by atoms with Gasteiger partial charge >= 0.3 is 0 Å². The molecule has 2 heterocycles. The van der Waals surface area contributed by atoms with Crippen molar-refractivity contribution in [1.82, 2.24) is 4.90 Å². The summed E-state index contributed by atoms with van der Waals surface area (Å²) >= 11 is 1.44. The summed E-state index contributed by atoms with van der Waals surface area (Å²) in [7, 11) is 1.55. The van der Waals surface area contributed by atoms with Gasteiger partial charge in [-0.25, -0.2) is 0 Å². The van der Waals surface area contributed by atoms with E-state index in [2.05, 4.69) is 5.32 Å². The molecule has 0 fully saturated rings.